The van der Waals surface area contributed by atoms with Gasteiger partial charge in [0.1, 0.15) is 6.26 Å². The van der Waals surface area contributed by atoms with Crippen molar-refractivity contribution in [3.8, 4) is 0 Å². The molecule has 1 amide bonds. The molecular weight excluding hydrogens is 376 g/mol. The average molecular weight is 407 g/mol. The molecule has 2 heterocycles. The first kappa shape index (κ1) is 21.7. The Balaban J connectivity index is 1.66. The number of nitrogens with one attached hydrogen (secondary N) is 1. The minimum absolute atomic E-state index is 0.251. The number of hydrogen-bond donors (Lipinski definition) is 1. The highest BCUT2D eigenvalue weighted by atomic mass is 16.3. The predicted molar refractivity (Wildman–Crippen MR) is 117 cm³/mol. The van der Waals surface area contributed by atoms with Crippen molar-refractivity contribution in [2.45, 2.75) is 59.8 Å². The SMILES string of the molecule is CCC(C)N(Cc1nc(C(=O)NCc2cccnc2)co1)Cc1cc(C)ccc1C. The normalized spacial score (nSPS) is 12.2. The van der Waals surface area contributed by atoms with Gasteiger partial charge in [0, 0.05) is 31.5 Å². The second kappa shape index (κ2) is 10.2. The monoisotopic (exact) mass is 406 g/mol. The lowest BCUT2D eigenvalue weighted by atomic mass is 10.0. The van der Waals surface area contributed by atoms with E-state index in [9.17, 15) is 4.79 Å². The van der Waals surface area contributed by atoms with Gasteiger partial charge in [-0.05, 0) is 49.9 Å². The maximum atomic E-state index is 12.4. The van der Waals surface area contributed by atoms with Crippen LogP contribution in [0.15, 0.2) is 53.4 Å². The lowest BCUT2D eigenvalue weighted by Gasteiger charge is -2.28. The zero-order valence-electron chi connectivity index (χ0n) is 18.2. The van der Waals surface area contributed by atoms with Crippen LogP contribution in [0.25, 0.3) is 0 Å². The molecule has 6 heteroatoms. The van der Waals surface area contributed by atoms with Crippen LogP contribution in [-0.2, 0) is 19.6 Å². The molecule has 158 valence electrons. The molecule has 1 atom stereocenters. The first-order chi connectivity index (χ1) is 14.5. The highest BCUT2D eigenvalue weighted by molar-refractivity contribution is 5.91. The van der Waals surface area contributed by atoms with Crippen LogP contribution in [0.1, 0.15) is 58.9 Å². The van der Waals surface area contributed by atoms with Gasteiger partial charge in [-0.15, -0.1) is 0 Å². The first-order valence-corrected chi connectivity index (χ1v) is 10.4. The number of aromatic nitrogens is 2. The van der Waals surface area contributed by atoms with Gasteiger partial charge in [-0.3, -0.25) is 14.7 Å². The summed E-state index contributed by atoms with van der Waals surface area (Å²) in [5.74, 6) is 0.297. The standard InChI is InChI=1S/C24H30N4O2/c1-5-19(4)28(14-21-11-17(2)8-9-18(21)3)15-23-27-22(16-30-23)24(29)26-13-20-7-6-10-25-12-20/h6-12,16,19H,5,13-15H2,1-4H3,(H,26,29). The fraction of sp³-hybridized carbons (Fsp3) is 0.375. The molecule has 0 aliphatic carbocycles. The van der Waals surface area contributed by atoms with E-state index in [4.69, 9.17) is 4.42 Å². The van der Waals surface area contributed by atoms with Gasteiger partial charge >= 0.3 is 0 Å². The lowest BCUT2D eigenvalue weighted by Crippen LogP contribution is -2.32. The molecule has 0 spiro atoms. The molecule has 30 heavy (non-hydrogen) atoms. The van der Waals surface area contributed by atoms with Crippen LogP contribution in [0.4, 0.5) is 0 Å². The summed E-state index contributed by atoms with van der Waals surface area (Å²) in [6.45, 7) is 10.4. The van der Waals surface area contributed by atoms with E-state index < -0.39 is 0 Å². The maximum absolute atomic E-state index is 12.4. The molecular formula is C24H30N4O2. The van der Waals surface area contributed by atoms with Gasteiger partial charge in [0.2, 0.25) is 5.89 Å². The molecule has 3 aromatic rings. The quantitative estimate of drug-likeness (QED) is 0.570. The van der Waals surface area contributed by atoms with E-state index in [0.717, 1.165) is 18.5 Å². The number of hydrogen-bond acceptors (Lipinski definition) is 5. The fourth-order valence-electron chi connectivity index (χ4n) is 3.25. The van der Waals surface area contributed by atoms with Crippen molar-refractivity contribution in [1.82, 2.24) is 20.2 Å². The summed E-state index contributed by atoms with van der Waals surface area (Å²) in [6, 6.07) is 10.7. The van der Waals surface area contributed by atoms with E-state index in [1.807, 2.05) is 12.1 Å². The molecule has 0 saturated heterocycles. The molecule has 6 nitrogen and oxygen atoms in total. The highest BCUT2D eigenvalue weighted by Gasteiger charge is 2.19. The Morgan fingerprint density at radius 3 is 2.80 bits per heavy atom. The summed E-state index contributed by atoms with van der Waals surface area (Å²) < 4.78 is 5.63. The van der Waals surface area contributed by atoms with Crippen LogP contribution < -0.4 is 5.32 Å². The molecule has 0 bridgehead atoms. The molecule has 0 saturated carbocycles. The summed E-state index contributed by atoms with van der Waals surface area (Å²) in [7, 11) is 0. The number of benzene rings is 1. The van der Waals surface area contributed by atoms with E-state index in [-0.39, 0.29) is 5.91 Å². The average Bonchev–Trinajstić information content (AvgIpc) is 3.23. The molecule has 1 unspecified atom stereocenters. The second-order valence-electron chi connectivity index (χ2n) is 7.76. The first-order valence-electron chi connectivity index (χ1n) is 10.4. The number of carbonyl (C=O) groups is 1. The number of pyridine rings is 1. The van der Waals surface area contributed by atoms with E-state index in [2.05, 4.69) is 66.1 Å². The van der Waals surface area contributed by atoms with Gasteiger partial charge in [0.25, 0.3) is 5.91 Å². The number of aryl methyl sites for hydroxylation is 2. The van der Waals surface area contributed by atoms with Gasteiger partial charge in [-0.1, -0.05) is 36.8 Å². The molecule has 2 aromatic heterocycles. The summed E-state index contributed by atoms with van der Waals surface area (Å²) in [6.07, 6.45) is 5.88. The molecule has 0 aliphatic heterocycles. The number of oxazole rings is 1. The minimum Gasteiger partial charge on any atom is -0.447 e. The van der Waals surface area contributed by atoms with Crippen molar-refractivity contribution >= 4 is 5.91 Å². The van der Waals surface area contributed by atoms with Crippen molar-refractivity contribution < 1.29 is 9.21 Å². The molecule has 3 rings (SSSR count). The zero-order valence-corrected chi connectivity index (χ0v) is 18.2. The van der Waals surface area contributed by atoms with Crippen LogP contribution in [0.5, 0.6) is 0 Å². The van der Waals surface area contributed by atoms with Gasteiger partial charge in [0.05, 0.1) is 6.54 Å². The van der Waals surface area contributed by atoms with Gasteiger partial charge in [0.15, 0.2) is 5.69 Å². The van der Waals surface area contributed by atoms with Gasteiger partial charge in [-0.2, -0.15) is 0 Å². The Morgan fingerprint density at radius 1 is 1.23 bits per heavy atom. The van der Waals surface area contributed by atoms with Crippen molar-refractivity contribution in [3.05, 3.63) is 82.8 Å². The largest absolute Gasteiger partial charge is 0.447 e. The van der Waals surface area contributed by atoms with Crippen LogP contribution in [-0.4, -0.2) is 26.8 Å². The third-order valence-corrected chi connectivity index (χ3v) is 5.39. The maximum Gasteiger partial charge on any atom is 0.273 e. The van der Waals surface area contributed by atoms with Crippen molar-refractivity contribution in [2.75, 3.05) is 0 Å². The van der Waals surface area contributed by atoms with Crippen molar-refractivity contribution in [3.63, 3.8) is 0 Å². The Labute approximate surface area is 178 Å². The van der Waals surface area contributed by atoms with E-state index >= 15 is 0 Å². The topological polar surface area (TPSA) is 71.3 Å². The van der Waals surface area contributed by atoms with E-state index in [0.29, 0.717) is 30.7 Å². The van der Waals surface area contributed by atoms with Crippen molar-refractivity contribution in [1.29, 1.82) is 0 Å². The minimum atomic E-state index is -0.251. The number of rotatable bonds is 9. The lowest BCUT2D eigenvalue weighted by molar-refractivity contribution is 0.0945. The second-order valence-corrected chi connectivity index (χ2v) is 7.76. The van der Waals surface area contributed by atoms with Crippen LogP contribution in [0.3, 0.4) is 0 Å². The molecule has 0 aliphatic rings. The Hall–Kier alpha value is -2.99. The number of nitrogens with zero attached hydrogens (tertiary/aromatic N) is 3. The van der Waals surface area contributed by atoms with E-state index in [1.165, 1.54) is 23.0 Å². The Morgan fingerprint density at radius 2 is 2.07 bits per heavy atom. The molecule has 1 aromatic carbocycles. The number of amides is 1. The highest BCUT2D eigenvalue weighted by Crippen LogP contribution is 2.18. The summed E-state index contributed by atoms with van der Waals surface area (Å²) in [4.78, 5) is 23.2. The third kappa shape index (κ3) is 5.76. The fourth-order valence-corrected chi connectivity index (χ4v) is 3.25. The summed E-state index contributed by atoms with van der Waals surface area (Å²) >= 11 is 0. The summed E-state index contributed by atoms with van der Waals surface area (Å²) in [5, 5.41) is 2.85. The van der Waals surface area contributed by atoms with Gasteiger partial charge < -0.3 is 9.73 Å². The zero-order chi connectivity index (χ0) is 21.5. The van der Waals surface area contributed by atoms with Crippen molar-refractivity contribution in [2.24, 2.45) is 0 Å². The molecule has 1 N–H and O–H groups in total. The predicted octanol–water partition coefficient (Wildman–Crippen LogP) is 4.42. The third-order valence-electron chi connectivity index (χ3n) is 5.39. The Kier molecular flexibility index (Phi) is 7.36. The van der Waals surface area contributed by atoms with Crippen LogP contribution in [0.2, 0.25) is 0 Å². The van der Waals surface area contributed by atoms with Crippen LogP contribution in [0, 0.1) is 13.8 Å². The van der Waals surface area contributed by atoms with E-state index in [1.54, 1.807) is 12.4 Å². The van der Waals surface area contributed by atoms with Gasteiger partial charge in [-0.25, -0.2) is 4.98 Å². The number of carbonyl (C=O) groups excluding carboxylic acids is 1. The Bertz CT molecular complexity index is 968. The molecule has 0 fully saturated rings. The smallest absolute Gasteiger partial charge is 0.273 e. The summed E-state index contributed by atoms with van der Waals surface area (Å²) in [5.41, 5.74) is 5.06. The van der Waals surface area contributed by atoms with Crippen LogP contribution >= 0.6 is 0 Å². The molecule has 0 radical (unpaired) electrons.